The molecule has 0 bridgehead atoms. The number of carbonyl (C=O) groups excluding carboxylic acids is 1. The summed E-state index contributed by atoms with van der Waals surface area (Å²) in [5.74, 6) is 0.776. The maximum Gasteiger partial charge on any atom is 0.206 e. The number of hydrogen-bond donors (Lipinski definition) is 2. The van der Waals surface area contributed by atoms with E-state index in [1.54, 1.807) is 14.2 Å². The summed E-state index contributed by atoms with van der Waals surface area (Å²) in [6.07, 6.45) is 4.54. The van der Waals surface area contributed by atoms with Gasteiger partial charge in [0, 0.05) is 31.9 Å². The highest BCUT2D eigenvalue weighted by Gasteiger charge is 2.12. The van der Waals surface area contributed by atoms with Gasteiger partial charge in [-0.15, -0.1) is 0 Å². The Morgan fingerprint density at radius 3 is 2.29 bits per heavy atom. The Bertz CT molecular complexity index is 391. The molecule has 1 saturated heterocycles. The lowest BCUT2D eigenvalue weighted by Gasteiger charge is -2.29. The molecule has 1 aromatic rings. The molecule has 1 aromatic carbocycles. The largest absolute Gasteiger partial charge is 0.495 e. The number of nitrogen functional groups attached to an aromatic ring is 1. The Hall–Kier alpha value is -1.91. The number of benzene rings is 1. The SMILES string of the molecule is CC.CNC=O.COc1cc(N2CCCCC2)ccc1N. The number of amides is 1. The molecule has 2 rings (SSSR count). The van der Waals surface area contributed by atoms with Crippen LogP contribution in [-0.2, 0) is 4.79 Å². The van der Waals surface area contributed by atoms with Gasteiger partial charge in [0.15, 0.2) is 0 Å². The molecule has 0 spiro atoms. The van der Waals surface area contributed by atoms with Crippen LogP contribution in [0.25, 0.3) is 0 Å². The van der Waals surface area contributed by atoms with E-state index in [1.807, 2.05) is 26.0 Å². The predicted molar refractivity (Wildman–Crippen MR) is 89.9 cm³/mol. The fraction of sp³-hybridized carbons (Fsp3) is 0.562. The van der Waals surface area contributed by atoms with Gasteiger partial charge in [-0.3, -0.25) is 4.79 Å². The normalized spacial score (nSPS) is 13.0. The third-order valence-electron chi connectivity index (χ3n) is 3.06. The van der Waals surface area contributed by atoms with Gasteiger partial charge in [0.1, 0.15) is 5.75 Å². The van der Waals surface area contributed by atoms with Crippen LogP contribution >= 0.6 is 0 Å². The number of anilines is 2. The van der Waals surface area contributed by atoms with Gasteiger partial charge in [0.05, 0.1) is 12.8 Å². The van der Waals surface area contributed by atoms with Crippen molar-refractivity contribution in [1.82, 2.24) is 5.32 Å². The van der Waals surface area contributed by atoms with E-state index in [4.69, 9.17) is 15.3 Å². The molecule has 21 heavy (non-hydrogen) atoms. The Morgan fingerprint density at radius 1 is 1.24 bits per heavy atom. The number of nitrogens with one attached hydrogen (secondary N) is 1. The van der Waals surface area contributed by atoms with E-state index in [1.165, 1.54) is 24.9 Å². The minimum Gasteiger partial charge on any atom is -0.495 e. The van der Waals surface area contributed by atoms with Gasteiger partial charge in [-0.25, -0.2) is 0 Å². The molecule has 120 valence electrons. The second-order valence-corrected chi connectivity index (χ2v) is 4.38. The average Bonchev–Trinajstić information content (AvgIpc) is 2.58. The van der Waals surface area contributed by atoms with Crippen molar-refractivity contribution in [3.63, 3.8) is 0 Å². The lowest BCUT2D eigenvalue weighted by atomic mass is 10.1. The van der Waals surface area contributed by atoms with Crippen LogP contribution in [-0.4, -0.2) is 33.7 Å². The van der Waals surface area contributed by atoms with Crippen molar-refractivity contribution < 1.29 is 9.53 Å². The summed E-state index contributed by atoms with van der Waals surface area (Å²) in [6, 6.07) is 6.02. The van der Waals surface area contributed by atoms with Crippen LogP contribution in [0.3, 0.4) is 0 Å². The van der Waals surface area contributed by atoms with E-state index >= 15 is 0 Å². The smallest absolute Gasteiger partial charge is 0.206 e. The lowest BCUT2D eigenvalue weighted by Crippen LogP contribution is -2.29. The molecule has 1 aliphatic rings. The zero-order valence-electron chi connectivity index (χ0n) is 13.7. The third-order valence-corrected chi connectivity index (χ3v) is 3.06. The zero-order valence-corrected chi connectivity index (χ0v) is 13.7. The minimum atomic E-state index is 0.625. The number of ether oxygens (including phenoxy) is 1. The second-order valence-electron chi connectivity index (χ2n) is 4.38. The first-order valence-corrected chi connectivity index (χ1v) is 7.52. The summed E-state index contributed by atoms with van der Waals surface area (Å²) < 4.78 is 5.22. The summed E-state index contributed by atoms with van der Waals surface area (Å²) >= 11 is 0. The summed E-state index contributed by atoms with van der Waals surface area (Å²) in [7, 11) is 3.22. The molecule has 0 atom stereocenters. The van der Waals surface area contributed by atoms with E-state index in [9.17, 15) is 0 Å². The maximum absolute atomic E-state index is 9.06. The number of piperidine rings is 1. The molecule has 1 amide bonds. The van der Waals surface area contributed by atoms with Gasteiger partial charge in [-0.2, -0.15) is 0 Å². The monoisotopic (exact) mass is 295 g/mol. The Morgan fingerprint density at radius 2 is 1.81 bits per heavy atom. The van der Waals surface area contributed by atoms with Crippen molar-refractivity contribution in [2.24, 2.45) is 0 Å². The molecule has 0 radical (unpaired) electrons. The Balaban J connectivity index is 0.000000579. The number of rotatable bonds is 3. The first-order valence-electron chi connectivity index (χ1n) is 7.52. The second kappa shape index (κ2) is 11.9. The van der Waals surface area contributed by atoms with Crippen molar-refractivity contribution in [2.45, 2.75) is 33.1 Å². The van der Waals surface area contributed by atoms with Gasteiger partial charge >= 0.3 is 0 Å². The molecule has 1 heterocycles. The van der Waals surface area contributed by atoms with Gasteiger partial charge in [0.2, 0.25) is 6.41 Å². The molecule has 3 N–H and O–H groups in total. The molecule has 0 saturated carbocycles. The quantitative estimate of drug-likeness (QED) is 0.664. The van der Waals surface area contributed by atoms with Crippen molar-refractivity contribution in [2.75, 3.05) is 37.9 Å². The van der Waals surface area contributed by atoms with E-state index < -0.39 is 0 Å². The van der Waals surface area contributed by atoms with Crippen LogP contribution in [0.1, 0.15) is 33.1 Å². The number of nitrogens with two attached hydrogens (primary N) is 1. The summed E-state index contributed by atoms with van der Waals surface area (Å²) in [6.45, 7) is 6.29. The van der Waals surface area contributed by atoms with Crippen molar-refractivity contribution in [1.29, 1.82) is 0 Å². The first kappa shape index (κ1) is 19.1. The van der Waals surface area contributed by atoms with Crippen molar-refractivity contribution in [3.8, 4) is 5.75 Å². The fourth-order valence-corrected chi connectivity index (χ4v) is 2.05. The van der Waals surface area contributed by atoms with Crippen LogP contribution in [0.15, 0.2) is 18.2 Å². The molecular formula is C16H29N3O2. The van der Waals surface area contributed by atoms with Crippen LogP contribution in [0.4, 0.5) is 11.4 Å². The topological polar surface area (TPSA) is 67.6 Å². The molecule has 1 aliphatic heterocycles. The van der Waals surface area contributed by atoms with Crippen LogP contribution < -0.4 is 20.7 Å². The lowest BCUT2D eigenvalue weighted by molar-refractivity contribution is -0.109. The van der Waals surface area contributed by atoms with Crippen molar-refractivity contribution >= 4 is 17.8 Å². The molecule has 0 aromatic heterocycles. The van der Waals surface area contributed by atoms with E-state index in [2.05, 4.69) is 16.3 Å². The fourth-order valence-electron chi connectivity index (χ4n) is 2.05. The highest BCUT2D eigenvalue weighted by molar-refractivity contribution is 5.62. The van der Waals surface area contributed by atoms with Crippen molar-refractivity contribution in [3.05, 3.63) is 18.2 Å². The number of hydrogen-bond acceptors (Lipinski definition) is 4. The van der Waals surface area contributed by atoms with Crippen LogP contribution in [0.5, 0.6) is 5.75 Å². The first-order chi connectivity index (χ1) is 10.2. The standard InChI is InChI=1S/C12H18N2O.C2H5NO.C2H6/c1-15-12-9-10(5-6-11(12)13)14-7-3-2-4-8-14;1-3-2-4;1-2/h5-6,9H,2-4,7-8,13H2,1H3;2H,1H3,(H,3,4);1-2H3. The molecule has 5 nitrogen and oxygen atoms in total. The maximum atomic E-state index is 9.06. The highest BCUT2D eigenvalue weighted by atomic mass is 16.5. The van der Waals surface area contributed by atoms with E-state index in [0.717, 1.165) is 18.8 Å². The van der Waals surface area contributed by atoms with Gasteiger partial charge in [0.25, 0.3) is 0 Å². The van der Waals surface area contributed by atoms with Crippen LogP contribution in [0, 0.1) is 0 Å². The number of carbonyl (C=O) groups is 1. The van der Waals surface area contributed by atoms with E-state index in [0.29, 0.717) is 12.1 Å². The van der Waals surface area contributed by atoms with E-state index in [-0.39, 0.29) is 0 Å². The third kappa shape index (κ3) is 6.88. The molecule has 5 heteroatoms. The van der Waals surface area contributed by atoms with Crippen LogP contribution in [0.2, 0.25) is 0 Å². The summed E-state index contributed by atoms with van der Waals surface area (Å²) in [5, 5.41) is 2.25. The Kier molecular flexibility index (Phi) is 10.8. The average molecular weight is 295 g/mol. The molecule has 0 aliphatic carbocycles. The highest BCUT2D eigenvalue weighted by Crippen LogP contribution is 2.28. The van der Waals surface area contributed by atoms with Gasteiger partial charge in [-0.05, 0) is 31.4 Å². The Labute approximate surface area is 128 Å². The van der Waals surface area contributed by atoms with Gasteiger partial charge in [-0.1, -0.05) is 13.8 Å². The zero-order chi connectivity index (χ0) is 16.1. The minimum absolute atomic E-state index is 0.625. The number of methoxy groups -OCH3 is 1. The summed E-state index contributed by atoms with van der Waals surface area (Å²) in [5.41, 5.74) is 7.72. The van der Waals surface area contributed by atoms with Gasteiger partial charge < -0.3 is 20.7 Å². The molecule has 1 fully saturated rings. The molecule has 0 unspecified atom stereocenters. The molecular weight excluding hydrogens is 266 g/mol. The predicted octanol–water partition coefficient (Wildman–Crippen LogP) is 2.66. The summed E-state index contributed by atoms with van der Waals surface area (Å²) in [4.78, 5) is 11.5. The number of nitrogens with zero attached hydrogens (tertiary/aromatic N) is 1.